The van der Waals surface area contributed by atoms with Gasteiger partial charge in [-0.05, 0) is 18.9 Å². The molecule has 1 aliphatic rings. The topological polar surface area (TPSA) is 62.9 Å². The average molecular weight is 267 g/mol. The highest BCUT2D eigenvalue weighted by Crippen LogP contribution is 2.19. The number of piperidine rings is 1. The minimum Gasteiger partial charge on any atom is -0.469 e. The normalized spacial score (nSPS) is 16.8. The fourth-order valence-corrected chi connectivity index (χ4v) is 2.42. The first kappa shape index (κ1) is 14.1. The number of likely N-dealkylation sites (tertiary alicyclic amines) is 1. The first-order valence-electron chi connectivity index (χ1n) is 6.84. The second-order valence-corrected chi connectivity index (χ2v) is 4.70. The number of amides is 1. The summed E-state index contributed by atoms with van der Waals surface area (Å²) in [6.07, 6.45) is 4.11. The summed E-state index contributed by atoms with van der Waals surface area (Å²) >= 11 is 0. The third-order valence-electron chi connectivity index (χ3n) is 3.47. The van der Waals surface area contributed by atoms with Crippen LogP contribution in [0.4, 0.5) is 0 Å². The van der Waals surface area contributed by atoms with E-state index in [2.05, 4.69) is 0 Å². The predicted molar refractivity (Wildman–Crippen MR) is 70.0 cm³/mol. The van der Waals surface area contributed by atoms with Crippen molar-refractivity contribution in [3.8, 4) is 0 Å². The van der Waals surface area contributed by atoms with Gasteiger partial charge in [0.2, 0.25) is 0 Å². The van der Waals surface area contributed by atoms with Gasteiger partial charge in [-0.3, -0.25) is 4.79 Å². The van der Waals surface area contributed by atoms with Crippen molar-refractivity contribution in [2.24, 2.45) is 0 Å². The lowest BCUT2D eigenvalue weighted by Gasteiger charge is -2.31. The number of ether oxygens (including phenoxy) is 1. The van der Waals surface area contributed by atoms with Crippen LogP contribution in [0.3, 0.4) is 0 Å². The molecule has 0 radical (unpaired) electrons. The Morgan fingerprint density at radius 1 is 1.53 bits per heavy atom. The molecule has 0 bridgehead atoms. The molecule has 0 unspecified atom stereocenters. The maximum absolute atomic E-state index is 12.3. The standard InChI is InChI=1S/C14H21NO4/c1-2-13-12(5-9-19-13)14(17)15-6-3-11(4-7-15)18-10-8-16/h5,9,11,16H,2-4,6-8,10H2,1H3. The van der Waals surface area contributed by atoms with Crippen molar-refractivity contribution in [3.63, 3.8) is 0 Å². The van der Waals surface area contributed by atoms with E-state index in [0.717, 1.165) is 25.0 Å². The van der Waals surface area contributed by atoms with Crippen LogP contribution >= 0.6 is 0 Å². The summed E-state index contributed by atoms with van der Waals surface area (Å²) in [5.41, 5.74) is 0.678. The van der Waals surface area contributed by atoms with Gasteiger partial charge in [-0.1, -0.05) is 6.92 Å². The molecule has 1 fully saturated rings. The number of hydrogen-bond donors (Lipinski definition) is 1. The highest BCUT2D eigenvalue weighted by molar-refractivity contribution is 5.95. The molecule has 106 valence electrons. The molecule has 0 aromatic carbocycles. The molecule has 0 spiro atoms. The molecule has 5 heteroatoms. The van der Waals surface area contributed by atoms with Crippen molar-refractivity contribution in [2.75, 3.05) is 26.3 Å². The molecule has 1 saturated heterocycles. The van der Waals surface area contributed by atoms with Crippen molar-refractivity contribution in [2.45, 2.75) is 32.3 Å². The van der Waals surface area contributed by atoms with Gasteiger partial charge in [0.1, 0.15) is 5.76 Å². The third-order valence-corrected chi connectivity index (χ3v) is 3.47. The first-order chi connectivity index (χ1) is 9.26. The zero-order valence-corrected chi connectivity index (χ0v) is 11.3. The van der Waals surface area contributed by atoms with E-state index in [1.54, 1.807) is 12.3 Å². The summed E-state index contributed by atoms with van der Waals surface area (Å²) in [5, 5.41) is 8.72. The lowest BCUT2D eigenvalue weighted by atomic mass is 10.1. The van der Waals surface area contributed by atoms with Gasteiger partial charge >= 0.3 is 0 Å². The van der Waals surface area contributed by atoms with Crippen LogP contribution in [0.1, 0.15) is 35.9 Å². The van der Waals surface area contributed by atoms with Crippen LogP contribution in [0.5, 0.6) is 0 Å². The second kappa shape index (κ2) is 6.73. The predicted octanol–water partition coefficient (Wildman–Crippen LogP) is 1.46. The van der Waals surface area contributed by atoms with Crippen LogP contribution in [0.25, 0.3) is 0 Å². The van der Waals surface area contributed by atoms with Gasteiger partial charge in [0.05, 0.1) is 31.1 Å². The van der Waals surface area contributed by atoms with Crippen molar-refractivity contribution in [1.82, 2.24) is 4.90 Å². The Bertz CT molecular complexity index is 407. The Hall–Kier alpha value is -1.33. The van der Waals surface area contributed by atoms with Gasteiger partial charge in [0, 0.05) is 19.5 Å². The number of aryl methyl sites for hydroxylation is 1. The highest BCUT2D eigenvalue weighted by Gasteiger charge is 2.25. The molecule has 1 amide bonds. The zero-order valence-electron chi connectivity index (χ0n) is 11.3. The zero-order chi connectivity index (χ0) is 13.7. The van der Waals surface area contributed by atoms with Gasteiger partial charge in [-0.25, -0.2) is 0 Å². The molecule has 1 aliphatic heterocycles. The van der Waals surface area contributed by atoms with E-state index in [0.29, 0.717) is 25.3 Å². The average Bonchev–Trinajstić information content (AvgIpc) is 2.93. The first-order valence-corrected chi connectivity index (χ1v) is 6.84. The molecular weight excluding hydrogens is 246 g/mol. The summed E-state index contributed by atoms with van der Waals surface area (Å²) in [5.74, 6) is 0.801. The molecule has 1 aromatic heterocycles. The van der Waals surface area contributed by atoms with E-state index in [4.69, 9.17) is 14.3 Å². The van der Waals surface area contributed by atoms with Gasteiger partial charge in [-0.15, -0.1) is 0 Å². The van der Waals surface area contributed by atoms with E-state index < -0.39 is 0 Å². The van der Waals surface area contributed by atoms with Gasteiger partial charge < -0.3 is 19.2 Å². The minimum atomic E-state index is 0.0474. The molecule has 5 nitrogen and oxygen atoms in total. The smallest absolute Gasteiger partial charge is 0.257 e. The summed E-state index contributed by atoms with van der Waals surface area (Å²) in [6.45, 7) is 3.80. The lowest BCUT2D eigenvalue weighted by Crippen LogP contribution is -2.41. The molecule has 1 N–H and O–H groups in total. The van der Waals surface area contributed by atoms with Gasteiger partial charge in [0.15, 0.2) is 0 Å². The van der Waals surface area contributed by atoms with Crippen LogP contribution in [-0.4, -0.2) is 48.3 Å². The Kier molecular flexibility index (Phi) is 4.99. The number of carbonyl (C=O) groups is 1. The van der Waals surface area contributed by atoms with Crippen molar-refractivity contribution in [3.05, 3.63) is 23.7 Å². The summed E-state index contributed by atoms with van der Waals surface area (Å²) in [7, 11) is 0. The number of carbonyl (C=O) groups excluding carboxylic acids is 1. The Labute approximate surface area is 113 Å². The Morgan fingerprint density at radius 3 is 2.89 bits per heavy atom. The van der Waals surface area contributed by atoms with Crippen molar-refractivity contribution >= 4 is 5.91 Å². The van der Waals surface area contributed by atoms with Crippen LogP contribution in [0.15, 0.2) is 16.7 Å². The monoisotopic (exact) mass is 267 g/mol. The largest absolute Gasteiger partial charge is 0.469 e. The molecular formula is C14H21NO4. The van der Waals surface area contributed by atoms with Gasteiger partial charge in [0.25, 0.3) is 5.91 Å². The van der Waals surface area contributed by atoms with E-state index in [-0.39, 0.29) is 18.6 Å². The quantitative estimate of drug-likeness (QED) is 0.877. The van der Waals surface area contributed by atoms with Crippen LogP contribution in [0.2, 0.25) is 0 Å². The maximum Gasteiger partial charge on any atom is 0.257 e. The number of rotatable bonds is 5. The molecule has 0 saturated carbocycles. The number of nitrogens with zero attached hydrogens (tertiary/aromatic N) is 1. The summed E-state index contributed by atoms with van der Waals surface area (Å²) in [4.78, 5) is 14.2. The maximum atomic E-state index is 12.3. The fourth-order valence-electron chi connectivity index (χ4n) is 2.42. The van der Waals surface area contributed by atoms with Crippen LogP contribution in [-0.2, 0) is 11.2 Å². The summed E-state index contributed by atoms with van der Waals surface area (Å²) in [6, 6.07) is 1.75. The number of furan rings is 1. The number of aliphatic hydroxyl groups is 1. The molecule has 2 heterocycles. The Balaban J connectivity index is 1.89. The van der Waals surface area contributed by atoms with Gasteiger partial charge in [-0.2, -0.15) is 0 Å². The van der Waals surface area contributed by atoms with E-state index >= 15 is 0 Å². The lowest BCUT2D eigenvalue weighted by molar-refractivity contribution is -0.00557. The van der Waals surface area contributed by atoms with E-state index in [9.17, 15) is 4.79 Å². The molecule has 1 aromatic rings. The molecule has 0 atom stereocenters. The molecule has 2 rings (SSSR count). The molecule has 0 aliphatic carbocycles. The fraction of sp³-hybridized carbons (Fsp3) is 0.643. The minimum absolute atomic E-state index is 0.0474. The van der Waals surface area contributed by atoms with Crippen LogP contribution in [0, 0.1) is 0 Å². The van der Waals surface area contributed by atoms with Crippen LogP contribution < -0.4 is 0 Å². The highest BCUT2D eigenvalue weighted by atomic mass is 16.5. The van der Waals surface area contributed by atoms with Crippen molar-refractivity contribution in [1.29, 1.82) is 0 Å². The second-order valence-electron chi connectivity index (χ2n) is 4.70. The Morgan fingerprint density at radius 2 is 2.26 bits per heavy atom. The summed E-state index contributed by atoms with van der Waals surface area (Å²) < 4.78 is 10.8. The van der Waals surface area contributed by atoms with E-state index in [1.807, 2.05) is 11.8 Å². The third kappa shape index (κ3) is 3.36. The number of hydrogen-bond acceptors (Lipinski definition) is 4. The number of aliphatic hydroxyl groups excluding tert-OH is 1. The SMILES string of the molecule is CCc1occc1C(=O)N1CCC(OCCO)CC1. The van der Waals surface area contributed by atoms with E-state index in [1.165, 1.54) is 0 Å². The van der Waals surface area contributed by atoms with Crippen molar-refractivity contribution < 1.29 is 19.1 Å². The molecule has 19 heavy (non-hydrogen) atoms.